The molecule has 0 N–H and O–H groups in total. The highest BCUT2D eigenvalue weighted by atomic mass is 32.2. The van der Waals surface area contributed by atoms with Crippen LogP contribution in [0.25, 0.3) is 72.0 Å². The van der Waals surface area contributed by atoms with E-state index in [-0.39, 0.29) is 0 Å². The predicted octanol–water partition coefficient (Wildman–Crippen LogP) is 14.1. The zero-order valence-corrected chi connectivity index (χ0v) is 29.3. The van der Waals surface area contributed by atoms with Gasteiger partial charge in [-0.15, -0.1) is 0 Å². The van der Waals surface area contributed by atoms with Gasteiger partial charge in [0, 0.05) is 36.0 Å². The van der Waals surface area contributed by atoms with Gasteiger partial charge >= 0.3 is 0 Å². The molecule has 0 radical (unpaired) electrons. The fourth-order valence-corrected chi connectivity index (χ4v) is 9.74. The molecule has 1 aromatic heterocycles. The second-order valence-electron chi connectivity index (χ2n) is 12.9. The molecule has 240 valence electrons. The number of aromatic nitrogens is 1. The van der Waals surface area contributed by atoms with Crippen molar-refractivity contribution < 1.29 is 0 Å². The Morgan fingerprint density at radius 3 is 1.45 bits per heavy atom. The first-order valence-electron chi connectivity index (χ1n) is 17.3. The average Bonchev–Trinajstić information content (AvgIpc) is 3.53. The maximum atomic E-state index is 2.41. The highest BCUT2D eigenvalue weighted by Gasteiger charge is 2.21. The van der Waals surface area contributed by atoms with Gasteiger partial charge < -0.3 is 4.57 Å². The molecule has 1 aliphatic heterocycles. The van der Waals surface area contributed by atoms with Gasteiger partial charge in [0.15, 0.2) is 0 Å². The fourth-order valence-electron chi connectivity index (χ4n) is 7.45. The van der Waals surface area contributed by atoms with Gasteiger partial charge in [-0.2, -0.15) is 0 Å². The molecule has 0 amide bonds. The van der Waals surface area contributed by atoms with Gasteiger partial charge in [-0.05, 0) is 93.0 Å². The van der Waals surface area contributed by atoms with Crippen LogP contribution in [0.15, 0.2) is 208 Å². The normalized spacial score (nSPS) is 12.2. The van der Waals surface area contributed by atoms with Crippen LogP contribution in [0.4, 0.5) is 0 Å². The summed E-state index contributed by atoms with van der Waals surface area (Å²) in [6, 6.07) is 68.8. The van der Waals surface area contributed by atoms with Crippen LogP contribution in [0, 0.1) is 0 Å². The quantitative estimate of drug-likeness (QED) is 0.182. The van der Waals surface area contributed by atoms with Crippen molar-refractivity contribution in [2.24, 2.45) is 0 Å². The Kier molecular flexibility index (Phi) is 7.41. The zero-order valence-electron chi connectivity index (χ0n) is 27.7. The summed E-state index contributed by atoms with van der Waals surface area (Å²) in [4.78, 5) is 5.02. The first-order valence-corrected chi connectivity index (χ1v) is 18.9. The molecule has 0 atom stereocenters. The summed E-state index contributed by atoms with van der Waals surface area (Å²) in [6.07, 6.45) is 0. The van der Waals surface area contributed by atoms with E-state index in [1.165, 1.54) is 91.6 Å². The molecule has 51 heavy (non-hydrogen) atoms. The van der Waals surface area contributed by atoms with E-state index < -0.39 is 0 Å². The minimum Gasteiger partial charge on any atom is -0.309 e. The Balaban J connectivity index is 1.19. The fraction of sp³-hybridized carbons (Fsp3) is 0. The summed E-state index contributed by atoms with van der Waals surface area (Å²) in [5.41, 5.74) is 13.5. The number of rotatable bonds is 3. The lowest BCUT2D eigenvalue weighted by molar-refractivity contribution is 1.18. The van der Waals surface area contributed by atoms with Gasteiger partial charge in [-0.25, -0.2) is 0 Å². The van der Waals surface area contributed by atoms with E-state index in [1.54, 1.807) is 0 Å². The highest BCUT2D eigenvalue weighted by Crippen LogP contribution is 2.50. The largest absolute Gasteiger partial charge is 0.309 e. The molecule has 0 saturated carbocycles. The maximum absolute atomic E-state index is 2.41. The molecular weight excluding hydrogens is 655 g/mol. The number of para-hydroxylation sites is 2. The van der Waals surface area contributed by atoms with Crippen LogP contribution in [-0.2, 0) is 0 Å². The third-order valence-corrected chi connectivity index (χ3v) is 12.2. The van der Waals surface area contributed by atoms with Gasteiger partial charge in [0.05, 0.1) is 11.0 Å². The Bertz CT molecular complexity index is 2740. The van der Waals surface area contributed by atoms with Crippen LogP contribution >= 0.6 is 23.5 Å². The van der Waals surface area contributed by atoms with Crippen LogP contribution in [0.1, 0.15) is 0 Å². The molecule has 0 aliphatic carbocycles. The molecule has 8 aromatic carbocycles. The molecule has 0 unspecified atom stereocenters. The summed E-state index contributed by atoms with van der Waals surface area (Å²) >= 11 is 3.74. The Hall–Kier alpha value is -5.74. The number of fused-ring (bicyclic) bond motifs is 9. The summed E-state index contributed by atoms with van der Waals surface area (Å²) in [7, 11) is 0. The summed E-state index contributed by atoms with van der Waals surface area (Å²) in [6.45, 7) is 0. The number of nitrogens with zero attached hydrogens (tertiary/aromatic N) is 1. The van der Waals surface area contributed by atoms with Crippen LogP contribution < -0.4 is 0 Å². The van der Waals surface area contributed by atoms with E-state index in [1.807, 2.05) is 23.5 Å². The molecule has 3 heteroatoms. The number of hydrogen-bond donors (Lipinski definition) is 0. The molecular formula is C48H31NS2. The summed E-state index contributed by atoms with van der Waals surface area (Å²) in [5, 5.41) is 2.53. The molecule has 0 fully saturated rings. The van der Waals surface area contributed by atoms with Crippen molar-refractivity contribution in [2.45, 2.75) is 19.6 Å². The van der Waals surface area contributed by atoms with Crippen molar-refractivity contribution in [3.63, 3.8) is 0 Å². The lowest BCUT2D eigenvalue weighted by Gasteiger charge is -2.21. The summed E-state index contributed by atoms with van der Waals surface area (Å²) in [5.74, 6) is 0. The number of hydrogen-bond acceptors (Lipinski definition) is 2. The van der Waals surface area contributed by atoms with Crippen LogP contribution in [-0.4, -0.2) is 4.57 Å². The first-order chi connectivity index (χ1) is 25.3. The van der Waals surface area contributed by atoms with E-state index in [0.29, 0.717) is 0 Å². The van der Waals surface area contributed by atoms with Gasteiger partial charge in [-0.1, -0.05) is 163 Å². The minimum atomic E-state index is 1.17. The van der Waals surface area contributed by atoms with Gasteiger partial charge in [-0.3, -0.25) is 0 Å². The predicted molar refractivity (Wildman–Crippen MR) is 217 cm³/mol. The zero-order chi connectivity index (χ0) is 33.7. The SMILES string of the molecule is c1ccc(-c2ccc3c(c2)Sc2cc(-c4ccc5c6ccccc6n(-c6ccccc6)c5c4)ccc2-c2ccccc2Sc2ccccc2-3)cc1. The molecule has 1 aliphatic rings. The number of benzene rings is 8. The van der Waals surface area contributed by atoms with Gasteiger partial charge in [0.1, 0.15) is 0 Å². The van der Waals surface area contributed by atoms with Crippen molar-refractivity contribution in [1.82, 2.24) is 4.57 Å². The first kappa shape index (κ1) is 30.1. The molecule has 0 bridgehead atoms. The summed E-state index contributed by atoms with van der Waals surface area (Å²) < 4.78 is 2.40. The Morgan fingerprint density at radius 1 is 0.294 bits per heavy atom. The van der Waals surface area contributed by atoms with E-state index in [4.69, 9.17) is 0 Å². The van der Waals surface area contributed by atoms with Crippen LogP contribution in [0.3, 0.4) is 0 Å². The molecule has 2 heterocycles. The van der Waals surface area contributed by atoms with E-state index >= 15 is 0 Å². The lowest BCUT2D eigenvalue weighted by Crippen LogP contribution is -1.94. The molecule has 0 spiro atoms. The second-order valence-corrected chi connectivity index (χ2v) is 15.1. The lowest BCUT2D eigenvalue weighted by atomic mass is 9.99. The van der Waals surface area contributed by atoms with Crippen LogP contribution in [0.2, 0.25) is 0 Å². The second kappa shape index (κ2) is 12.5. The van der Waals surface area contributed by atoms with Crippen molar-refractivity contribution >= 4 is 45.3 Å². The molecule has 9 aromatic rings. The average molecular weight is 686 g/mol. The van der Waals surface area contributed by atoms with Crippen molar-refractivity contribution in [3.8, 4) is 50.2 Å². The van der Waals surface area contributed by atoms with E-state index in [2.05, 4.69) is 193 Å². The van der Waals surface area contributed by atoms with E-state index in [0.717, 1.165) is 0 Å². The molecule has 0 saturated heterocycles. The van der Waals surface area contributed by atoms with E-state index in [9.17, 15) is 0 Å². The molecule has 10 rings (SSSR count). The third-order valence-electron chi connectivity index (χ3n) is 9.89. The topological polar surface area (TPSA) is 4.93 Å². The van der Waals surface area contributed by atoms with Crippen molar-refractivity contribution in [1.29, 1.82) is 0 Å². The Morgan fingerprint density at radius 2 is 0.765 bits per heavy atom. The van der Waals surface area contributed by atoms with Crippen molar-refractivity contribution in [2.75, 3.05) is 0 Å². The monoisotopic (exact) mass is 685 g/mol. The standard InChI is InChI=1S/C48H31NS2/c1-3-13-32(14-4-1)34-24-27-41-39-18-8-11-21-45(39)50-46-22-12-9-19-40(46)42-28-25-35(31-48(42)51-47(41)30-34)33-23-26-38-37-17-7-10-20-43(37)49(44(38)29-33)36-15-5-2-6-16-36/h1-31H. The minimum absolute atomic E-state index is 1.17. The van der Waals surface area contributed by atoms with Gasteiger partial charge in [0.2, 0.25) is 0 Å². The smallest absolute Gasteiger partial charge is 0.0547 e. The van der Waals surface area contributed by atoms with Crippen molar-refractivity contribution in [3.05, 3.63) is 188 Å². The van der Waals surface area contributed by atoms with Crippen LogP contribution in [0.5, 0.6) is 0 Å². The highest BCUT2D eigenvalue weighted by molar-refractivity contribution is 8.00. The maximum Gasteiger partial charge on any atom is 0.0547 e. The van der Waals surface area contributed by atoms with Gasteiger partial charge in [0.25, 0.3) is 0 Å². The Labute approximate surface area is 306 Å². The molecule has 1 nitrogen and oxygen atoms in total. The third kappa shape index (κ3) is 5.29.